The zero-order valence-electron chi connectivity index (χ0n) is 15.4. The van der Waals surface area contributed by atoms with E-state index in [1.807, 2.05) is 4.68 Å². The lowest BCUT2D eigenvalue weighted by molar-refractivity contribution is 0.308. The molecule has 0 radical (unpaired) electrons. The maximum Gasteiger partial charge on any atom is 0.293 e. The molecule has 4 rings (SSSR count). The number of hydrogen-bond donors (Lipinski definition) is 0. The molecule has 2 saturated heterocycles. The summed E-state index contributed by atoms with van der Waals surface area (Å²) in [4.78, 5) is 19.1. The zero-order chi connectivity index (χ0) is 17.8. The van der Waals surface area contributed by atoms with E-state index >= 15 is 0 Å². The number of nitrogens with zero attached hydrogens (tertiary/aromatic N) is 6. The van der Waals surface area contributed by atoms with E-state index in [1.54, 1.807) is 24.0 Å². The first kappa shape index (κ1) is 16.3. The molecule has 134 valence electrons. The van der Waals surface area contributed by atoms with Gasteiger partial charge in [-0.1, -0.05) is 26.0 Å². The molecule has 2 bridgehead atoms. The number of fused-ring (bicyclic) bond motifs is 2. The third-order valence-corrected chi connectivity index (χ3v) is 5.60. The van der Waals surface area contributed by atoms with Crippen LogP contribution in [0.3, 0.4) is 0 Å². The number of rotatable bonds is 2. The highest BCUT2D eigenvalue weighted by Crippen LogP contribution is 2.41. The Kier molecular flexibility index (Phi) is 3.70. The maximum atomic E-state index is 12.5. The van der Waals surface area contributed by atoms with Gasteiger partial charge in [-0.25, -0.2) is 9.67 Å². The zero-order valence-corrected chi connectivity index (χ0v) is 15.4. The Morgan fingerprint density at radius 3 is 2.40 bits per heavy atom. The Hall–Kier alpha value is -2.18. The highest BCUT2D eigenvalue weighted by molar-refractivity contribution is 5.42. The van der Waals surface area contributed by atoms with E-state index in [9.17, 15) is 4.79 Å². The van der Waals surface area contributed by atoms with Gasteiger partial charge in [0.15, 0.2) is 5.82 Å². The number of hydrogen-bond acceptors (Lipinski definition) is 5. The molecule has 7 nitrogen and oxygen atoms in total. The van der Waals surface area contributed by atoms with Crippen molar-refractivity contribution in [2.24, 2.45) is 7.05 Å². The summed E-state index contributed by atoms with van der Waals surface area (Å²) in [7, 11) is 1.78. The Morgan fingerprint density at radius 1 is 1.12 bits per heavy atom. The molecule has 2 fully saturated rings. The van der Waals surface area contributed by atoms with Crippen LogP contribution in [0.5, 0.6) is 0 Å². The third kappa shape index (κ3) is 2.75. The summed E-state index contributed by atoms with van der Waals surface area (Å²) >= 11 is 0. The molecule has 2 unspecified atom stereocenters. The van der Waals surface area contributed by atoms with E-state index in [0.29, 0.717) is 23.9 Å². The Morgan fingerprint density at radius 2 is 1.80 bits per heavy atom. The second-order valence-electron chi connectivity index (χ2n) is 8.42. The van der Waals surface area contributed by atoms with Gasteiger partial charge in [-0.05, 0) is 25.7 Å². The van der Waals surface area contributed by atoms with Gasteiger partial charge < -0.3 is 9.47 Å². The molecule has 0 aliphatic carbocycles. The van der Waals surface area contributed by atoms with Gasteiger partial charge in [0.1, 0.15) is 0 Å². The molecule has 2 aliphatic heterocycles. The van der Waals surface area contributed by atoms with Crippen LogP contribution in [0, 0.1) is 0 Å². The van der Waals surface area contributed by atoms with E-state index in [1.165, 1.54) is 0 Å². The fraction of sp³-hybridized carbons (Fsp3) is 0.667. The minimum Gasteiger partial charge on any atom is -0.346 e. The summed E-state index contributed by atoms with van der Waals surface area (Å²) in [6.07, 6.45) is 9.73. The highest BCUT2D eigenvalue weighted by atomic mass is 16.1. The Labute approximate surface area is 147 Å². The monoisotopic (exact) mass is 342 g/mol. The lowest BCUT2D eigenvalue weighted by atomic mass is 9.93. The molecular weight excluding hydrogens is 316 g/mol. The van der Waals surface area contributed by atoms with Gasteiger partial charge in [0.2, 0.25) is 0 Å². The van der Waals surface area contributed by atoms with Crippen molar-refractivity contribution in [2.75, 3.05) is 4.90 Å². The number of anilines is 1. The number of aromatic nitrogens is 5. The van der Waals surface area contributed by atoms with Gasteiger partial charge in [-0.15, -0.1) is 5.10 Å². The smallest absolute Gasteiger partial charge is 0.293 e. The molecule has 25 heavy (non-hydrogen) atoms. The minimum atomic E-state index is -0.00590. The summed E-state index contributed by atoms with van der Waals surface area (Å²) in [6, 6.07) is 1.06. The fourth-order valence-corrected chi connectivity index (χ4v) is 4.17. The predicted molar refractivity (Wildman–Crippen MR) is 95.8 cm³/mol. The topological polar surface area (TPSA) is 68.8 Å². The summed E-state index contributed by atoms with van der Waals surface area (Å²) in [6.45, 7) is 6.47. The molecular formula is C18H26N6O. The van der Waals surface area contributed by atoms with Crippen molar-refractivity contribution in [1.82, 2.24) is 24.5 Å². The Bertz CT molecular complexity index is 819. The minimum absolute atomic E-state index is 0.00590. The molecule has 2 aliphatic rings. The summed E-state index contributed by atoms with van der Waals surface area (Å²) in [5.41, 5.74) is 1.03. The van der Waals surface area contributed by atoms with E-state index < -0.39 is 0 Å². The molecule has 2 aromatic heterocycles. The standard InChI is InChI=1S/C18H26N6O/c1-18(2,3)15-11-23(21-20-15)14-9-12-5-6-13(10-14)24(12)16-17(25)22(4)8-7-19-16/h7-8,11-14H,5-6,9-10H2,1-4H3. The summed E-state index contributed by atoms with van der Waals surface area (Å²) in [5, 5.41) is 8.77. The van der Waals surface area contributed by atoms with Crippen molar-refractivity contribution >= 4 is 5.82 Å². The van der Waals surface area contributed by atoms with Gasteiger partial charge in [0.25, 0.3) is 5.56 Å². The quantitative estimate of drug-likeness (QED) is 0.835. The van der Waals surface area contributed by atoms with E-state index in [-0.39, 0.29) is 11.0 Å². The summed E-state index contributed by atoms with van der Waals surface area (Å²) in [5.74, 6) is 0.602. The van der Waals surface area contributed by atoms with E-state index in [4.69, 9.17) is 0 Å². The number of aryl methyl sites for hydroxylation is 1. The molecule has 0 spiro atoms. The van der Waals surface area contributed by atoms with Crippen LogP contribution in [0.1, 0.15) is 58.2 Å². The lowest BCUT2D eigenvalue weighted by Crippen LogP contribution is -2.47. The first-order valence-electron chi connectivity index (χ1n) is 9.07. The van der Waals surface area contributed by atoms with E-state index in [2.05, 4.69) is 47.2 Å². The average molecular weight is 342 g/mol. The second kappa shape index (κ2) is 5.68. The van der Waals surface area contributed by atoms with Crippen LogP contribution in [0.15, 0.2) is 23.4 Å². The third-order valence-electron chi connectivity index (χ3n) is 5.60. The van der Waals surface area contributed by atoms with Crippen LogP contribution in [0.2, 0.25) is 0 Å². The molecule has 2 aromatic rings. The van der Waals surface area contributed by atoms with Crippen LogP contribution in [-0.2, 0) is 12.5 Å². The first-order chi connectivity index (χ1) is 11.8. The van der Waals surface area contributed by atoms with Crippen LogP contribution in [-0.4, -0.2) is 36.6 Å². The van der Waals surface area contributed by atoms with Crippen molar-refractivity contribution in [1.29, 1.82) is 0 Å². The van der Waals surface area contributed by atoms with Gasteiger partial charge in [-0.2, -0.15) is 0 Å². The van der Waals surface area contributed by atoms with Gasteiger partial charge in [-0.3, -0.25) is 4.79 Å². The molecule has 0 saturated carbocycles. The second-order valence-corrected chi connectivity index (χ2v) is 8.42. The maximum absolute atomic E-state index is 12.5. The molecule has 0 aromatic carbocycles. The van der Waals surface area contributed by atoms with Crippen molar-refractivity contribution < 1.29 is 0 Å². The Balaban J connectivity index is 1.59. The number of piperidine rings is 1. The van der Waals surface area contributed by atoms with Gasteiger partial charge in [0, 0.05) is 43.1 Å². The largest absolute Gasteiger partial charge is 0.346 e. The lowest BCUT2D eigenvalue weighted by Gasteiger charge is -2.39. The van der Waals surface area contributed by atoms with Gasteiger partial charge >= 0.3 is 0 Å². The van der Waals surface area contributed by atoms with Gasteiger partial charge in [0.05, 0.1) is 11.7 Å². The molecule has 0 amide bonds. The van der Waals surface area contributed by atoms with Crippen molar-refractivity contribution in [2.45, 2.75) is 70.0 Å². The molecule has 2 atom stereocenters. The SMILES string of the molecule is Cn1ccnc(N2C3CCC2CC(n2cc(C(C)(C)C)nn2)C3)c1=O. The van der Waals surface area contributed by atoms with Crippen LogP contribution < -0.4 is 10.5 Å². The van der Waals surface area contributed by atoms with Crippen molar-refractivity contribution in [3.05, 3.63) is 34.6 Å². The molecule has 0 N–H and O–H groups in total. The first-order valence-corrected chi connectivity index (χ1v) is 9.07. The molecule has 7 heteroatoms. The van der Waals surface area contributed by atoms with Crippen LogP contribution in [0.25, 0.3) is 0 Å². The highest BCUT2D eigenvalue weighted by Gasteiger charge is 2.43. The predicted octanol–water partition coefficient (Wildman–Crippen LogP) is 2.04. The average Bonchev–Trinajstić information content (AvgIpc) is 3.13. The van der Waals surface area contributed by atoms with Crippen molar-refractivity contribution in [3.63, 3.8) is 0 Å². The summed E-state index contributed by atoms with van der Waals surface area (Å²) < 4.78 is 3.65. The van der Waals surface area contributed by atoms with Crippen LogP contribution >= 0.6 is 0 Å². The normalized spacial score (nSPS) is 26.2. The fourth-order valence-electron chi connectivity index (χ4n) is 4.17. The van der Waals surface area contributed by atoms with Crippen molar-refractivity contribution in [3.8, 4) is 0 Å². The van der Waals surface area contributed by atoms with E-state index in [0.717, 1.165) is 31.4 Å². The molecule has 4 heterocycles. The van der Waals surface area contributed by atoms with Crippen LogP contribution in [0.4, 0.5) is 5.82 Å².